The topological polar surface area (TPSA) is 147 Å². The molecule has 2 spiro atoms. The number of nitrogens with zero attached hydrogens (tertiary/aromatic N) is 1. The summed E-state index contributed by atoms with van der Waals surface area (Å²) >= 11 is 0. The van der Waals surface area contributed by atoms with Crippen LogP contribution < -0.4 is 34.7 Å². The van der Waals surface area contributed by atoms with Crippen LogP contribution in [0.2, 0.25) is 0 Å². The second-order valence-electron chi connectivity index (χ2n) is 26.3. The van der Waals surface area contributed by atoms with Gasteiger partial charge < -0.3 is 43.8 Å². The number of carboxylic acid groups (broad SMARTS) is 1. The summed E-state index contributed by atoms with van der Waals surface area (Å²) < 4.78 is 36.3. The third kappa shape index (κ3) is 18.3. The summed E-state index contributed by atoms with van der Waals surface area (Å²) in [4.78, 5) is 29.8. The van der Waals surface area contributed by atoms with Crippen molar-refractivity contribution in [2.75, 3.05) is 13.1 Å². The normalized spacial score (nSPS) is 35.1. The van der Waals surface area contributed by atoms with E-state index in [1.54, 1.807) is 0 Å². The molecule has 0 aliphatic carbocycles. The summed E-state index contributed by atoms with van der Waals surface area (Å²) in [7, 11) is 0. The van der Waals surface area contributed by atoms with Crippen LogP contribution in [-0.4, -0.2) is 105 Å². The van der Waals surface area contributed by atoms with E-state index >= 15 is 4.79 Å². The van der Waals surface area contributed by atoms with Crippen molar-refractivity contribution in [1.82, 2.24) is 4.90 Å². The molecule has 5 aliphatic rings. The number of carbonyl (C=O) groups excluding carboxylic acids is 2. The smallest absolute Gasteiger partial charge is 0.550 e. The van der Waals surface area contributed by atoms with Crippen LogP contribution in [0, 0.1) is 41.4 Å². The minimum atomic E-state index is -1.15. The zero-order valence-corrected chi connectivity index (χ0v) is 54.5. The maximum atomic E-state index is 15.0. The zero-order valence-electron chi connectivity index (χ0n) is 52.5. The Morgan fingerprint density at radius 3 is 1.72 bits per heavy atom. The number of rotatable bonds is 35. The molecule has 18 atom stereocenters. The van der Waals surface area contributed by atoms with Crippen LogP contribution >= 0.6 is 0 Å². The largest absolute Gasteiger partial charge is 1.00 e. The van der Waals surface area contributed by atoms with E-state index in [9.17, 15) is 20.1 Å². The van der Waals surface area contributed by atoms with Gasteiger partial charge in [0.2, 0.25) is 0 Å². The third-order valence-corrected chi connectivity index (χ3v) is 20.4. The van der Waals surface area contributed by atoms with Crippen LogP contribution in [-0.2, 0) is 33.3 Å². The van der Waals surface area contributed by atoms with Crippen LogP contribution in [0.4, 0.5) is 0 Å². The standard InChI is InChI=1S/C66H119NO10.Na/c1-13-18-20-22-24-26-28-30-32-34-44-67(45-35-33-31-29-27-25-23-21-19-14-2)56-38-41-65(77-66(56)43-42-63(12,76-66)57-39-40-64(72,17-5)52(11)73-57)49(8)46-48(7)61(75-65)54(16-4)59(69)50(9)58(68)51(10)60-47(6)36-37-55(74-60)53(15-3)62(70)71;/h38,41,47-58,60-61,68,72H,13-37,39-40,42-46H2,1-12H3,(H,70,71);/q;+1/p-1/t47-,48-,49+,50-,51-,52-,53+,54-,55+,56-,57+,58+,60+,61-,63-,64+,65-,66-;/m0./s1. The maximum absolute atomic E-state index is 15.0. The fraction of sp³-hybridized carbons (Fsp3) is 0.939. The number of hydrogen-bond acceptors (Lipinski definition) is 11. The van der Waals surface area contributed by atoms with Crippen LogP contribution in [0.3, 0.4) is 0 Å². The van der Waals surface area contributed by atoms with E-state index < -0.39 is 76.8 Å². The van der Waals surface area contributed by atoms with Gasteiger partial charge in [0.1, 0.15) is 5.78 Å². The van der Waals surface area contributed by atoms with Gasteiger partial charge in [-0.05, 0) is 115 Å². The van der Waals surface area contributed by atoms with Crippen LogP contribution in [0.5, 0.6) is 0 Å². The van der Waals surface area contributed by atoms with Gasteiger partial charge in [-0.1, -0.05) is 191 Å². The van der Waals surface area contributed by atoms with Gasteiger partial charge in [0.25, 0.3) is 0 Å². The molecule has 4 saturated heterocycles. The van der Waals surface area contributed by atoms with Gasteiger partial charge >= 0.3 is 29.6 Å². The van der Waals surface area contributed by atoms with E-state index in [4.69, 9.17) is 23.7 Å². The van der Waals surface area contributed by atoms with E-state index in [0.29, 0.717) is 44.9 Å². The Labute approximate surface area is 499 Å². The van der Waals surface area contributed by atoms with E-state index in [1.807, 2.05) is 34.6 Å². The zero-order chi connectivity index (χ0) is 56.4. The molecule has 2 N–H and O–H groups in total. The van der Waals surface area contributed by atoms with E-state index in [0.717, 1.165) is 45.2 Å². The first-order chi connectivity index (χ1) is 36.8. The van der Waals surface area contributed by atoms with Gasteiger partial charge in [-0.3, -0.25) is 9.69 Å². The molecule has 5 aliphatic heterocycles. The van der Waals surface area contributed by atoms with Gasteiger partial charge in [0.15, 0.2) is 11.6 Å². The van der Waals surface area contributed by atoms with Crippen molar-refractivity contribution in [2.24, 2.45) is 41.4 Å². The monoisotopic (exact) mass is 1110 g/mol. The number of unbranched alkanes of at least 4 members (excludes halogenated alkanes) is 18. The fourth-order valence-corrected chi connectivity index (χ4v) is 14.9. The molecule has 0 aromatic rings. The molecule has 0 bridgehead atoms. The third-order valence-electron chi connectivity index (χ3n) is 20.4. The molecule has 0 radical (unpaired) electrons. The minimum absolute atomic E-state index is 0. The van der Waals surface area contributed by atoms with Gasteiger partial charge in [0.05, 0.1) is 53.9 Å². The SMILES string of the molecule is CCCCCCCCCCCCN(CCCCCCCCCCCC)[C@H]1C=C[C@]2(O[C@H]([C@@H](CC)C(=O)[C@@H](C)[C@@H](O)[C@H](C)[C@@H]3O[C@@H]([C@@H](CC)C(=O)[O-])CC[C@@H]3C)[C@@H](C)C[C@H]2C)O[C@@]12CC[C@@](C)([C@H]1CC[C@](O)(CC)[C@H](C)O1)O2.[Na+]. The number of carbonyl (C=O) groups is 2. The van der Waals surface area contributed by atoms with Crippen molar-refractivity contribution >= 4 is 11.8 Å². The molecule has 5 heterocycles. The first kappa shape index (κ1) is 70.0. The number of aliphatic hydroxyl groups excluding tert-OH is 1. The van der Waals surface area contributed by atoms with Gasteiger partial charge in [-0.25, -0.2) is 0 Å². The summed E-state index contributed by atoms with van der Waals surface area (Å²) in [6.07, 6.45) is 34.1. The maximum Gasteiger partial charge on any atom is 1.00 e. The molecule has 78 heavy (non-hydrogen) atoms. The Kier molecular flexibility index (Phi) is 30.4. The number of carboxylic acids is 1. The number of ether oxygens (including phenoxy) is 5. The van der Waals surface area contributed by atoms with Crippen LogP contribution in [0.1, 0.15) is 276 Å². The minimum Gasteiger partial charge on any atom is -0.550 e. The summed E-state index contributed by atoms with van der Waals surface area (Å²) in [5.41, 5.74) is -1.52. The van der Waals surface area contributed by atoms with Crippen molar-refractivity contribution in [2.45, 2.75) is 341 Å². The Hall–Kier alpha value is -0.440. The predicted molar refractivity (Wildman–Crippen MR) is 309 cm³/mol. The molecule has 4 fully saturated rings. The van der Waals surface area contributed by atoms with Crippen molar-refractivity contribution < 1.29 is 78.2 Å². The first-order valence-corrected chi connectivity index (χ1v) is 32.8. The average molecular weight is 1110 g/mol. The fourth-order valence-electron chi connectivity index (χ4n) is 14.9. The molecule has 0 aromatic carbocycles. The Morgan fingerprint density at radius 2 is 1.22 bits per heavy atom. The molecular formula is C66H118NNaO10. The molecule has 0 saturated carbocycles. The van der Waals surface area contributed by atoms with Crippen molar-refractivity contribution in [3.63, 3.8) is 0 Å². The number of Topliss-reactive ketones (excluding diaryl/α,β-unsaturated/α-hetero) is 1. The number of ketones is 1. The first-order valence-electron chi connectivity index (χ1n) is 32.8. The summed E-state index contributed by atoms with van der Waals surface area (Å²) in [6.45, 7) is 27.0. The Balaban J connectivity index is 0.0000131. The molecular weight excluding hydrogens is 990 g/mol. The van der Waals surface area contributed by atoms with Crippen molar-refractivity contribution in [3.8, 4) is 0 Å². The quantitative estimate of drug-likeness (QED) is 0.0355. The van der Waals surface area contributed by atoms with Gasteiger partial charge in [-0.2, -0.15) is 0 Å². The average Bonchev–Trinajstić information content (AvgIpc) is 3.86. The Morgan fingerprint density at radius 1 is 0.679 bits per heavy atom. The molecule has 11 nitrogen and oxygen atoms in total. The summed E-state index contributed by atoms with van der Waals surface area (Å²) in [5, 5.41) is 35.7. The van der Waals surface area contributed by atoms with Gasteiger partial charge in [0, 0.05) is 42.0 Å². The van der Waals surface area contributed by atoms with Crippen LogP contribution in [0.25, 0.3) is 0 Å². The molecule has 0 amide bonds. The second kappa shape index (κ2) is 33.9. The van der Waals surface area contributed by atoms with Crippen molar-refractivity contribution in [1.29, 1.82) is 0 Å². The molecule has 0 aromatic heterocycles. The summed E-state index contributed by atoms with van der Waals surface area (Å²) in [5.74, 6) is -5.53. The second-order valence-corrected chi connectivity index (χ2v) is 26.3. The summed E-state index contributed by atoms with van der Waals surface area (Å²) in [6, 6.07) is -0.155. The van der Waals surface area contributed by atoms with Crippen LogP contribution in [0.15, 0.2) is 12.2 Å². The van der Waals surface area contributed by atoms with E-state index in [1.165, 1.54) is 116 Å². The van der Waals surface area contributed by atoms with Crippen molar-refractivity contribution in [3.05, 3.63) is 12.2 Å². The molecule has 5 rings (SSSR count). The predicted octanol–water partition coefficient (Wildman–Crippen LogP) is 11.0. The Bertz CT molecular complexity index is 1730. The number of hydrogen-bond donors (Lipinski definition) is 2. The van der Waals surface area contributed by atoms with E-state index in [2.05, 4.69) is 65.5 Å². The number of aliphatic hydroxyl groups is 2. The molecule has 448 valence electrons. The molecule has 0 unspecified atom stereocenters. The number of aliphatic carboxylic acids is 1. The van der Waals surface area contributed by atoms with E-state index in [-0.39, 0.29) is 71.3 Å². The molecule has 12 heteroatoms. The van der Waals surface area contributed by atoms with Gasteiger partial charge in [-0.15, -0.1) is 0 Å².